The number of benzene rings is 1. The highest BCUT2D eigenvalue weighted by Gasteiger charge is 2.23. The van der Waals surface area contributed by atoms with Crippen molar-refractivity contribution in [2.75, 3.05) is 6.61 Å². The molecule has 1 amide bonds. The molecule has 0 saturated heterocycles. The summed E-state index contributed by atoms with van der Waals surface area (Å²) in [5, 5.41) is 2.80. The predicted molar refractivity (Wildman–Crippen MR) is 70.9 cm³/mol. The average Bonchev–Trinajstić information content (AvgIpc) is 3.10. The lowest BCUT2D eigenvalue weighted by Gasteiger charge is -2.09. The van der Waals surface area contributed by atoms with Gasteiger partial charge in [0.1, 0.15) is 5.75 Å². The fourth-order valence-corrected chi connectivity index (χ4v) is 2.41. The Bertz CT molecular complexity index is 596. The zero-order chi connectivity index (χ0) is 14.0. The lowest BCUT2D eigenvalue weighted by molar-refractivity contribution is -0.123. The van der Waals surface area contributed by atoms with E-state index >= 15 is 0 Å². The molecule has 0 bridgehead atoms. The SMILES string of the molecule is Cc1cc(S(=O)(=O)Cl)ccc1OCC(=O)NC1CC1. The van der Waals surface area contributed by atoms with Gasteiger partial charge < -0.3 is 10.1 Å². The number of ether oxygens (including phenoxy) is 1. The first-order valence-electron chi connectivity index (χ1n) is 5.84. The van der Waals surface area contributed by atoms with Gasteiger partial charge >= 0.3 is 0 Å². The Kier molecular flexibility index (Phi) is 4.01. The number of amides is 1. The van der Waals surface area contributed by atoms with E-state index in [0.717, 1.165) is 12.8 Å². The molecule has 0 radical (unpaired) electrons. The second kappa shape index (κ2) is 5.38. The summed E-state index contributed by atoms with van der Waals surface area (Å²) >= 11 is 0. The summed E-state index contributed by atoms with van der Waals surface area (Å²) in [7, 11) is 1.50. The van der Waals surface area contributed by atoms with Crippen molar-refractivity contribution in [3.8, 4) is 5.75 Å². The third-order valence-corrected chi connectivity index (χ3v) is 4.08. The Balaban J connectivity index is 1.98. The number of hydrogen-bond donors (Lipinski definition) is 1. The minimum Gasteiger partial charge on any atom is -0.484 e. The van der Waals surface area contributed by atoms with Crippen LogP contribution in [0.4, 0.5) is 0 Å². The van der Waals surface area contributed by atoms with Crippen molar-refractivity contribution >= 4 is 25.6 Å². The molecule has 104 valence electrons. The van der Waals surface area contributed by atoms with E-state index in [9.17, 15) is 13.2 Å². The summed E-state index contributed by atoms with van der Waals surface area (Å²) < 4.78 is 27.6. The molecule has 1 saturated carbocycles. The van der Waals surface area contributed by atoms with Crippen molar-refractivity contribution in [2.24, 2.45) is 0 Å². The molecule has 7 heteroatoms. The van der Waals surface area contributed by atoms with Crippen LogP contribution in [0, 0.1) is 6.92 Å². The van der Waals surface area contributed by atoms with Crippen molar-refractivity contribution in [2.45, 2.75) is 30.7 Å². The average molecular weight is 304 g/mol. The Labute approximate surface area is 116 Å². The zero-order valence-corrected chi connectivity index (χ0v) is 11.9. The van der Waals surface area contributed by atoms with E-state index in [1.807, 2.05) is 0 Å². The molecular weight excluding hydrogens is 290 g/mol. The molecule has 1 aliphatic carbocycles. The molecule has 0 aromatic heterocycles. The van der Waals surface area contributed by atoms with Gasteiger partial charge in [-0.2, -0.15) is 0 Å². The van der Waals surface area contributed by atoms with E-state index in [2.05, 4.69) is 5.32 Å². The molecule has 0 unspecified atom stereocenters. The number of aryl methyl sites for hydroxylation is 1. The topological polar surface area (TPSA) is 72.5 Å². The summed E-state index contributed by atoms with van der Waals surface area (Å²) in [5.41, 5.74) is 0.612. The molecule has 1 fully saturated rings. The third kappa shape index (κ3) is 4.11. The van der Waals surface area contributed by atoms with Gasteiger partial charge in [0.2, 0.25) is 0 Å². The Morgan fingerprint density at radius 1 is 1.47 bits per heavy atom. The molecule has 5 nitrogen and oxygen atoms in total. The Hall–Kier alpha value is -1.27. The first-order valence-corrected chi connectivity index (χ1v) is 8.14. The smallest absolute Gasteiger partial charge is 0.261 e. The van der Waals surface area contributed by atoms with Gasteiger partial charge in [-0.05, 0) is 43.5 Å². The number of rotatable bonds is 5. The van der Waals surface area contributed by atoms with Gasteiger partial charge in [-0.25, -0.2) is 8.42 Å². The molecule has 2 rings (SSSR count). The minimum atomic E-state index is -3.74. The van der Waals surface area contributed by atoms with Crippen LogP contribution in [0.3, 0.4) is 0 Å². The zero-order valence-electron chi connectivity index (χ0n) is 10.3. The van der Waals surface area contributed by atoms with Crippen LogP contribution in [0.15, 0.2) is 23.1 Å². The summed E-state index contributed by atoms with van der Waals surface area (Å²) in [6.45, 7) is 1.62. The highest BCUT2D eigenvalue weighted by molar-refractivity contribution is 8.13. The van der Waals surface area contributed by atoms with Gasteiger partial charge in [-0.3, -0.25) is 4.79 Å². The van der Waals surface area contributed by atoms with Crippen molar-refractivity contribution in [3.05, 3.63) is 23.8 Å². The van der Waals surface area contributed by atoms with Gasteiger partial charge in [-0.15, -0.1) is 0 Å². The fourth-order valence-electron chi connectivity index (χ4n) is 1.58. The van der Waals surface area contributed by atoms with Crippen LogP contribution in [0.25, 0.3) is 0 Å². The lowest BCUT2D eigenvalue weighted by Crippen LogP contribution is -2.30. The monoisotopic (exact) mass is 303 g/mol. The molecule has 1 aromatic carbocycles. The van der Waals surface area contributed by atoms with E-state index in [0.29, 0.717) is 17.4 Å². The maximum Gasteiger partial charge on any atom is 0.261 e. The number of nitrogens with one attached hydrogen (secondary N) is 1. The van der Waals surface area contributed by atoms with E-state index < -0.39 is 9.05 Å². The van der Waals surface area contributed by atoms with Crippen LogP contribution in [0.1, 0.15) is 18.4 Å². The molecule has 1 aromatic rings. The standard InChI is InChI=1S/C12H14ClNO4S/c1-8-6-10(19(13,16)17)4-5-11(8)18-7-12(15)14-9-2-3-9/h4-6,9H,2-3,7H2,1H3,(H,14,15). The van der Waals surface area contributed by atoms with E-state index in [-0.39, 0.29) is 17.4 Å². The lowest BCUT2D eigenvalue weighted by atomic mass is 10.2. The number of carbonyl (C=O) groups excluding carboxylic acids is 1. The highest BCUT2D eigenvalue weighted by Crippen LogP contribution is 2.24. The van der Waals surface area contributed by atoms with Gasteiger partial charge in [0.15, 0.2) is 6.61 Å². The van der Waals surface area contributed by atoms with Gasteiger partial charge in [0, 0.05) is 16.7 Å². The molecule has 19 heavy (non-hydrogen) atoms. The van der Waals surface area contributed by atoms with Crippen LogP contribution < -0.4 is 10.1 Å². The van der Waals surface area contributed by atoms with Crippen molar-refractivity contribution < 1.29 is 17.9 Å². The molecular formula is C12H14ClNO4S. The number of carbonyl (C=O) groups is 1. The first kappa shape index (κ1) is 14.1. The molecule has 0 atom stereocenters. The molecule has 1 aliphatic rings. The fraction of sp³-hybridized carbons (Fsp3) is 0.417. The van der Waals surface area contributed by atoms with Crippen LogP contribution in [0.2, 0.25) is 0 Å². The largest absolute Gasteiger partial charge is 0.484 e. The second-order valence-corrected chi connectivity index (χ2v) is 7.06. The first-order chi connectivity index (χ1) is 8.86. The van der Waals surface area contributed by atoms with Crippen LogP contribution >= 0.6 is 10.7 Å². The normalized spacial score (nSPS) is 15.1. The van der Waals surface area contributed by atoms with Gasteiger partial charge in [0.05, 0.1) is 4.90 Å². The van der Waals surface area contributed by atoms with Crippen LogP contribution in [-0.4, -0.2) is 27.0 Å². The van der Waals surface area contributed by atoms with E-state index in [1.165, 1.54) is 18.2 Å². The van der Waals surface area contributed by atoms with E-state index in [4.69, 9.17) is 15.4 Å². The number of hydrogen-bond acceptors (Lipinski definition) is 4. The van der Waals surface area contributed by atoms with Crippen LogP contribution in [0.5, 0.6) is 5.75 Å². The summed E-state index contributed by atoms with van der Waals surface area (Å²) in [5.74, 6) is 0.297. The van der Waals surface area contributed by atoms with Crippen LogP contribution in [-0.2, 0) is 13.8 Å². The maximum atomic E-state index is 11.5. The summed E-state index contributed by atoms with van der Waals surface area (Å²) in [6, 6.07) is 4.55. The molecule has 0 heterocycles. The van der Waals surface area contributed by atoms with Crippen molar-refractivity contribution in [1.29, 1.82) is 0 Å². The Morgan fingerprint density at radius 3 is 2.68 bits per heavy atom. The Morgan fingerprint density at radius 2 is 2.16 bits per heavy atom. The maximum absolute atomic E-state index is 11.5. The third-order valence-electron chi connectivity index (χ3n) is 2.73. The molecule has 0 aliphatic heterocycles. The van der Waals surface area contributed by atoms with Crippen molar-refractivity contribution in [3.63, 3.8) is 0 Å². The summed E-state index contributed by atoms with van der Waals surface area (Å²) in [6.07, 6.45) is 2.04. The summed E-state index contributed by atoms with van der Waals surface area (Å²) in [4.78, 5) is 11.5. The molecule has 0 spiro atoms. The second-order valence-electron chi connectivity index (χ2n) is 4.50. The van der Waals surface area contributed by atoms with Gasteiger partial charge in [0.25, 0.3) is 15.0 Å². The predicted octanol–water partition coefficient (Wildman–Crippen LogP) is 1.58. The number of halogens is 1. The molecule has 1 N–H and O–H groups in total. The minimum absolute atomic E-state index is 0.0152. The van der Waals surface area contributed by atoms with E-state index in [1.54, 1.807) is 6.92 Å². The van der Waals surface area contributed by atoms with Gasteiger partial charge in [-0.1, -0.05) is 0 Å². The van der Waals surface area contributed by atoms with Crippen molar-refractivity contribution in [1.82, 2.24) is 5.32 Å². The quantitative estimate of drug-likeness (QED) is 0.838. The highest BCUT2D eigenvalue weighted by atomic mass is 35.7.